The van der Waals surface area contributed by atoms with Crippen LogP contribution in [-0.2, 0) is 28.6 Å². The number of carbonyl (C=O) groups is 3. The smallest absolute Gasteiger partial charge is 0.306 e. The maximum atomic E-state index is 12.8. The normalized spacial score (nSPS) is 13.5. The first-order valence-corrected chi connectivity index (χ1v) is 29.3. The van der Waals surface area contributed by atoms with Crippen LogP contribution in [0.1, 0.15) is 213 Å². The zero-order valence-corrected chi connectivity index (χ0v) is 47.5. The number of esters is 3. The number of unbranched alkanes of at least 4 members (excludes halogenated alkanes) is 9. The minimum atomic E-state index is -0.826. The predicted molar refractivity (Wildman–Crippen MR) is 324 cm³/mol. The largest absolute Gasteiger partial charge is 0.462 e. The highest BCUT2D eigenvalue weighted by Crippen LogP contribution is 2.11. The number of rotatable bonds is 50. The number of ether oxygens (including phenoxy) is 3. The van der Waals surface area contributed by atoms with Crippen molar-refractivity contribution in [2.24, 2.45) is 0 Å². The summed E-state index contributed by atoms with van der Waals surface area (Å²) in [6.07, 6.45) is 92.2. The van der Waals surface area contributed by atoms with Gasteiger partial charge in [0.15, 0.2) is 6.10 Å². The summed E-state index contributed by atoms with van der Waals surface area (Å²) in [4.78, 5) is 37.8. The van der Waals surface area contributed by atoms with Crippen LogP contribution >= 0.6 is 0 Å². The van der Waals surface area contributed by atoms with Crippen molar-refractivity contribution in [1.29, 1.82) is 0 Å². The zero-order chi connectivity index (χ0) is 54.3. The van der Waals surface area contributed by atoms with E-state index in [-0.39, 0.29) is 37.5 Å². The van der Waals surface area contributed by atoms with E-state index in [1.807, 2.05) is 0 Å². The molecule has 0 aliphatic carbocycles. The molecule has 0 radical (unpaired) electrons. The molecular weight excluding hydrogens is 925 g/mol. The fourth-order valence-corrected chi connectivity index (χ4v) is 7.09. The molecule has 416 valence electrons. The Morgan fingerprint density at radius 2 is 0.533 bits per heavy atom. The lowest BCUT2D eigenvalue weighted by atomic mass is 10.1. The van der Waals surface area contributed by atoms with E-state index in [0.29, 0.717) is 19.3 Å². The van der Waals surface area contributed by atoms with E-state index in [4.69, 9.17) is 14.2 Å². The van der Waals surface area contributed by atoms with Gasteiger partial charge in [0.25, 0.3) is 0 Å². The Morgan fingerprint density at radius 1 is 0.280 bits per heavy atom. The van der Waals surface area contributed by atoms with Gasteiger partial charge >= 0.3 is 17.9 Å². The second kappa shape index (κ2) is 61.1. The van der Waals surface area contributed by atoms with E-state index in [1.165, 1.54) is 0 Å². The molecule has 6 heteroatoms. The van der Waals surface area contributed by atoms with Crippen molar-refractivity contribution in [2.75, 3.05) is 13.2 Å². The van der Waals surface area contributed by atoms with Gasteiger partial charge in [-0.15, -0.1) is 0 Å². The van der Waals surface area contributed by atoms with Crippen molar-refractivity contribution < 1.29 is 28.6 Å². The van der Waals surface area contributed by atoms with Crippen molar-refractivity contribution in [3.8, 4) is 0 Å². The van der Waals surface area contributed by atoms with Crippen LogP contribution in [0, 0.1) is 0 Å². The first-order chi connectivity index (χ1) is 37.0. The van der Waals surface area contributed by atoms with Crippen molar-refractivity contribution >= 4 is 17.9 Å². The number of allylic oxidation sites excluding steroid dienone is 30. The predicted octanol–water partition coefficient (Wildman–Crippen LogP) is 20.1. The van der Waals surface area contributed by atoms with E-state index in [1.54, 1.807) is 0 Å². The van der Waals surface area contributed by atoms with Crippen LogP contribution in [0.3, 0.4) is 0 Å². The van der Waals surface area contributed by atoms with Crippen molar-refractivity contribution in [1.82, 2.24) is 0 Å². The molecule has 0 aromatic carbocycles. The highest BCUT2D eigenvalue weighted by atomic mass is 16.6. The Kier molecular flexibility index (Phi) is 56.6. The maximum absolute atomic E-state index is 12.8. The van der Waals surface area contributed by atoms with Crippen LogP contribution in [-0.4, -0.2) is 37.2 Å². The molecule has 0 heterocycles. The Labute approximate surface area is 459 Å². The van der Waals surface area contributed by atoms with Crippen LogP contribution in [0.5, 0.6) is 0 Å². The van der Waals surface area contributed by atoms with Crippen LogP contribution in [0.2, 0.25) is 0 Å². The quantitative estimate of drug-likeness (QED) is 0.0261. The van der Waals surface area contributed by atoms with E-state index in [0.717, 1.165) is 167 Å². The van der Waals surface area contributed by atoms with Gasteiger partial charge in [-0.3, -0.25) is 14.4 Å². The second-order valence-electron chi connectivity index (χ2n) is 18.4. The summed E-state index contributed by atoms with van der Waals surface area (Å²) in [5.74, 6) is -1.03. The van der Waals surface area contributed by atoms with Gasteiger partial charge in [0.05, 0.1) is 0 Å². The summed E-state index contributed by atoms with van der Waals surface area (Å²) in [6.45, 7) is 6.23. The van der Waals surface area contributed by atoms with Crippen LogP contribution < -0.4 is 0 Å². The molecule has 1 atom stereocenters. The van der Waals surface area contributed by atoms with Gasteiger partial charge < -0.3 is 14.2 Å². The highest BCUT2D eigenvalue weighted by molar-refractivity contribution is 5.71. The third kappa shape index (κ3) is 59.3. The molecule has 0 aromatic rings. The molecule has 0 spiro atoms. The minimum absolute atomic E-state index is 0.120. The average Bonchev–Trinajstić information content (AvgIpc) is 3.41. The molecule has 0 saturated heterocycles. The van der Waals surface area contributed by atoms with E-state index in [2.05, 4.69) is 203 Å². The number of hydrogen-bond acceptors (Lipinski definition) is 6. The van der Waals surface area contributed by atoms with Gasteiger partial charge in [-0.05, 0) is 135 Å². The molecule has 0 bridgehead atoms. The standard InChI is InChI=1S/C69H104O6/c1-4-7-10-13-15-17-19-21-23-25-27-29-31-32-33-34-35-36-38-39-41-43-45-47-49-51-53-56-59-62-68(71)74-65-66(64-73-67(70)61-58-55-12-9-6-3)75-69(72)63-60-57-54-52-50-48-46-44-42-40-37-30-28-26-24-22-20-18-16-14-11-8-5-2/h7-8,10-11,15-18,21-24,27-30,32-33,35-36,39-42,45-48,52,54,66H,4-6,9,12-14,19-20,25-26,31,34,37-38,43-44,49-51,53,55-65H2,1-3H3/b10-7-,11-8-,17-15-,18-16-,23-21-,24-22-,29-27-,30-28-,33-32-,36-35-,41-39-,42-40-,47-45-,48-46-,54-52-. The lowest BCUT2D eigenvalue weighted by molar-refractivity contribution is -0.167. The van der Waals surface area contributed by atoms with E-state index < -0.39 is 6.10 Å². The molecule has 0 amide bonds. The fourth-order valence-electron chi connectivity index (χ4n) is 7.09. The monoisotopic (exact) mass is 1030 g/mol. The Balaban J connectivity index is 4.30. The van der Waals surface area contributed by atoms with Gasteiger partial charge in [-0.1, -0.05) is 242 Å². The third-order valence-electron chi connectivity index (χ3n) is 11.4. The SMILES string of the molecule is CC/C=C\C/C=C\C/C=C\C/C=C\C/C=C\C/C=C\C/C=C\C/C=C\CCCCCCC(=O)OCC(COC(=O)CCCCCCC)OC(=O)CCC/C=C\C/C=C\C/C=C\C/C=C\C/C=C\C/C=C\C/C=C\CC. The molecular formula is C69H104O6. The first kappa shape index (κ1) is 69.5. The topological polar surface area (TPSA) is 78.9 Å². The highest BCUT2D eigenvalue weighted by Gasteiger charge is 2.19. The first-order valence-electron chi connectivity index (χ1n) is 29.3. The summed E-state index contributed by atoms with van der Waals surface area (Å²) in [7, 11) is 0. The summed E-state index contributed by atoms with van der Waals surface area (Å²) in [6, 6.07) is 0. The van der Waals surface area contributed by atoms with Gasteiger partial charge in [0.2, 0.25) is 0 Å². The number of carbonyl (C=O) groups excluding carboxylic acids is 3. The fraction of sp³-hybridized carbons (Fsp3) is 0.522. The van der Waals surface area contributed by atoms with Crippen molar-refractivity contribution in [3.63, 3.8) is 0 Å². The molecule has 0 aliphatic rings. The molecule has 0 N–H and O–H groups in total. The van der Waals surface area contributed by atoms with Crippen molar-refractivity contribution in [3.05, 3.63) is 182 Å². The molecule has 1 unspecified atom stereocenters. The minimum Gasteiger partial charge on any atom is -0.462 e. The average molecular weight is 1030 g/mol. The lowest BCUT2D eigenvalue weighted by Crippen LogP contribution is -2.30. The summed E-state index contributed by atoms with van der Waals surface area (Å²) in [5, 5.41) is 0. The van der Waals surface area contributed by atoms with Crippen LogP contribution in [0.4, 0.5) is 0 Å². The molecule has 6 nitrogen and oxygen atoms in total. The van der Waals surface area contributed by atoms with E-state index >= 15 is 0 Å². The molecule has 0 rings (SSSR count). The second-order valence-corrected chi connectivity index (χ2v) is 18.4. The maximum Gasteiger partial charge on any atom is 0.306 e. The molecule has 0 saturated carbocycles. The zero-order valence-electron chi connectivity index (χ0n) is 47.5. The Hall–Kier alpha value is -5.49. The summed E-state index contributed by atoms with van der Waals surface area (Å²) >= 11 is 0. The Morgan fingerprint density at radius 3 is 0.840 bits per heavy atom. The summed E-state index contributed by atoms with van der Waals surface area (Å²) in [5.41, 5.74) is 0. The van der Waals surface area contributed by atoms with Crippen molar-refractivity contribution in [2.45, 2.75) is 219 Å². The van der Waals surface area contributed by atoms with Gasteiger partial charge in [0.1, 0.15) is 13.2 Å². The lowest BCUT2D eigenvalue weighted by Gasteiger charge is -2.18. The molecule has 0 fully saturated rings. The molecule has 0 aliphatic heterocycles. The van der Waals surface area contributed by atoms with Crippen LogP contribution in [0.15, 0.2) is 182 Å². The Bertz CT molecular complexity index is 1800. The van der Waals surface area contributed by atoms with E-state index in [9.17, 15) is 14.4 Å². The van der Waals surface area contributed by atoms with Gasteiger partial charge in [-0.25, -0.2) is 0 Å². The van der Waals surface area contributed by atoms with Gasteiger partial charge in [-0.2, -0.15) is 0 Å². The molecule has 75 heavy (non-hydrogen) atoms. The van der Waals surface area contributed by atoms with Crippen LogP contribution in [0.25, 0.3) is 0 Å². The molecule has 0 aromatic heterocycles. The number of hydrogen-bond donors (Lipinski definition) is 0. The van der Waals surface area contributed by atoms with Gasteiger partial charge in [0, 0.05) is 19.3 Å². The summed E-state index contributed by atoms with van der Waals surface area (Å²) < 4.78 is 16.6. The third-order valence-corrected chi connectivity index (χ3v) is 11.4.